The molecule has 18 heavy (non-hydrogen) atoms. The molecule has 1 aromatic rings. The van der Waals surface area contributed by atoms with Crippen LogP contribution in [0, 0.1) is 16.0 Å². The van der Waals surface area contributed by atoms with Crippen LogP contribution >= 0.6 is 15.9 Å². The van der Waals surface area contributed by atoms with Gasteiger partial charge in [0, 0.05) is 23.9 Å². The number of ether oxygens (including phenoxy) is 2. The molecule has 0 amide bonds. The van der Waals surface area contributed by atoms with Gasteiger partial charge in [-0.15, -0.1) is 0 Å². The molecule has 1 atom stereocenters. The van der Waals surface area contributed by atoms with Crippen molar-refractivity contribution in [1.82, 2.24) is 0 Å². The number of benzene rings is 1. The third kappa shape index (κ3) is 3.20. The molecular weight excluding hydrogens is 302 g/mol. The Morgan fingerprint density at radius 2 is 2.39 bits per heavy atom. The molecule has 5 nitrogen and oxygen atoms in total. The van der Waals surface area contributed by atoms with Crippen LogP contribution in [0.2, 0.25) is 0 Å². The predicted molar refractivity (Wildman–Crippen MR) is 70.1 cm³/mol. The van der Waals surface area contributed by atoms with Gasteiger partial charge in [-0.1, -0.05) is 22.0 Å². The summed E-state index contributed by atoms with van der Waals surface area (Å²) in [6.07, 6.45) is 0.952. The Kier molecular flexibility index (Phi) is 4.54. The van der Waals surface area contributed by atoms with Crippen molar-refractivity contribution in [3.63, 3.8) is 0 Å². The van der Waals surface area contributed by atoms with Crippen LogP contribution in [-0.2, 0) is 10.1 Å². The third-order valence-electron chi connectivity index (χ3n) is 2.87. The van der Waals surface area contributed by atoms with Crippen LogP contribution in [0.1, 0.15) is 12.0 Å². The van der Waals surface area contributed by atoms with Gasteiger partial charge in [0.1, 0.15) is 0 Å². The minimum atomic E-state index is -0.410. The van der Waals surface area contributed by atoms with Gasteiger partial charge >= 0.3 is 5.69 Å². The molecule has 1 saturated heterocycles. The van der Waals surface area contributed by atoms with E-state index in [0.29, 0.717) is 30.2 Å². The average Bonchev–Trinajstić information content (AvgIpc) is 2.89. The van der Waals surface area contributed by atoms with E-state index in [4.69, 9.17) is 9.47 Å². The molecule has 1 fully saturated rings. The molecule has 98 valence electrons. The summed E-state index contributed by atoms with van der Waals surface area (Å²) < 4.78 is 10.8. The van der Waals surface area contributed by atoms with Crippen molar-refractivity contribution in [2.24, 2.45) is 5.92 Å². The number of hydrogen-bond acceptors (Lipinski definition) is 4. The Morgan fingerprint density at radius 1 is 1.56 bits per heavy atom. The number of rotatable bonds is 5. The topological polar surface area (TPSA) is 61.6 Å². The van der Waals surface area contributed by atoms with E-state index in [1.54, 1.807) is 6.07 Å². The molecule has 0 saturated carbocycles. The van der Waals surface area contributed by atoms with Gasteiger partial charge in [-0.25, -0.2) is 0 Å². The zero-order valence-corrected chi connectivity index (χ0v) is 11.4. The summed E-state index contributed by atoms with van der Waals surface area (Å²) in [4.78, 5) is 10.6. The number of nitro groups is 1. The Morgan fingerprint density at radius 3 is 3.00 bits per heavy atom. The molecule has 2 rings (SSSR count). The fraction of sp³-hybridized carbons (Fsp3) is 0.500. The van der Waals surface area contributed by atoms with E-state index in [-0.39, 0.29) is 5.69 Å². The van der Waals surface area contributed by atoms with Crippen LogP contribution in [0.15, 0.2) is 18.2 Å². The lowest BCUT2D eigenvalue weighted by molar-refractivity contribution is -0.386. The molecule has 1 aliphatic heterocycles. The molecular formula is C12H14BrNO4. The zero-order valence-electron chi connectivity index (χ0n) is 9.80. The van der Waals surface area contributed by atoms with E-state index < -0.39 is 4.92 Å². The Hall–Kier alpha value is -1.14. The second-order valence-corrected chi connectivity index (χ2v) is 4.79. The van der Waals surface area contributed by atoms with Crippen LogP contribution in [0.25, 0.3) is 0 Å². The van der Waals surface area contributed by atoms with Crippen LogP contribution in [0.4, 0.5) is 5.69 Å². The molecule has 0 spiro atoms. The maximum Gasteiger partial charge on any atom is 0.311 e. The first-order valence-corrected chi connectivity index (χ1v) is 6.86. The number of alkyl halides is 1. The summed E-state index contributed by atoms with van der Waals surface area (Å²) in [5.74, 6) is 0.664. The molecule has 1 aliphatic rings. The standard InChI is InChI=1S/C12H14BrNO4/c13-6-9-1-2-12(11(5-9)14(15)16)18-8-10-3-4-17-7-10/h1-2,5,10H,3-4,6-8H2. The summed E-state index contributed by atoms with van der Waals surface area (Å²) in [5.41, 5.74) is 0.879. The van der Waals surface area contributed by atoms with Gasteiger partial charge in [0.2, 0.25) is 0 Å². The van der Waals surface area contributed by atoms with Gasteiger partial charge in [0.05, 0.1) is 18.1 Å². The molecule has 0 aromatic heterocycles. The number of nitrogens with zero attached hydrogens (tertiary/aromatic N) is 1. The molecule has 0 N–H and O–H groups in total. The zero-order chi connectivity index (χ0) is 13.0. The van der Waals surface area contributed by atoms with E-state index in [9.17, 15) is 10.1 Å². The lowest BCUT2D eigenvalue weighted by Crippen LogP contribution is -2.12. The number of halogens is 1. The quantitative estimate of drug-likeness (QED) is 0.476. The van der Waals surface area contributed by atoms with Crippen molar-refractivity contribution in [3.8, 4) is 5.75 Å². The molecule has 1 unspecified atom stereocenters. The van der Waals surface area contributed by atoms with Crippen molar-refractivity contribution in [2.75, 3.05) is 19.8 Å². The summed E-state index contributed by atoms with van der Waals surface area (Å²) in [7, 11) is 0. The highest BCUT2D eigenvalue weighted by Gasteiger charge is 2.20. The van der Waals surface area contributed by atoms with E-state index in [2.05, 4.69) is 15.9 Å². The normalized spacial score (nSPS) is 18.8. The van der Waals surface area contributed by atoms with Crippen molar-refractivity contribution in [2.45, 2.75) is 11.8 Å². The maximum atomic E-state index is 11.0. The van der Waals surface area contributed by atoms with E-state index in [0.717, 1.165) is 18.6 Å². The van der Waals surface area contributed by atoms with Gasteiger partial charge in [0.25, 0.3) is 0 Å². The molecule has 1 aromatic carbocycles. The molecule has 6 heteroatoms. The monoisotopic (exact) mass is 315 g/mol. The first-order valence-electron chi connectivity index (χ1n) is 5.74. The molecule has 0 bridgehead atoms. The van der Waals surface area contributed by atoms with E-state index in [1.807, 2.05) is 6.07 Å². The van der Waals surface area contributed by atoms with E-state index >= 15 is 0 Å². The van der Waals surface area contributed by atoms with Crippen molar-refractivity contribution < 1.29 is 14.4 Å². The predicted octanol–water partition coefficient (Wildman–Crippen LogP) is 2.91. The SMILES string of the molecule is O=[N+]([O-])c1cc(CBr)ccc1OCC1CCOC1. The first kappa shape index (κ1) is 13.3. The van der Waals surface area contributed by atoms with Crippen LogP contribution in [0.3, 0.4) is 0 Å². The average molecular weight is 316 g/mol. The highest BCUT2D eigenvalue weighted by molar-refractivity contribution is 9.08. The summed E-state index contributed by atoms with van der Waals surface area (Å²) in [6.45, 7) is 1.89. The summed E-state index contributed by atoms with van der Waals surface area (Å²) in [5, 5.41) is 11.6. The first-order chi connectivity index (χ1) is 8.70. The molecule has 1 heterocycles. The van der Waals surface area contributed by atoms with Crippen molar-refractivity contribution in [3.05, 3.63) is 33.9 Å². The van der Waals surface area contributed by atoms with Crippen molar-refractivity contribution >= 4 is 21.6 Å². The minimum Gasteiger partial charge on any atom is -0.486 e. The van der Waals surface area contributed by atoms with Gasteiger partial charge in [-0.2, -0.15) is 0 Å². The molecule has 0 aliphatic carbocycles. The Balaban J connectivity index is 2.08. The second-order valence-electron chi connectivity index (χ2n) is 4.23. The Bertz CT molecular complexity index is 432. The van der Waals surface area contributed by atoms with Crippen molar-refractivity contribution in [1.29, 1.82) is 0 Å². The van der Waals surface area contributed by atoms with Gasteiger partial charge < -0.3 is 9.47 Å². The lowest BCUT2D eigenvalue weighted by atomic mass is 10.1. The smallest absolute Gasteiger partial charge is 0.311 e. The van der Waals surface area contributed by atoms with Gasteiger partial charge in [-0.05, 0) is 18.1 Å². The number of hydrogen-bond donors (Lipinski definition) is 0. The minimum absolute atomic E-state index is 0.0193. The third-order valence-corrected chi connectivity index (χ3v) is 3.52. The maximum absolute atomic E-state index is 11.0. The summed E-state index contributed by atoms with van der Waals surface area (Å²) in [6, 6.07) is 5.02. The summed E-state index contributed by atoms with van der Waals surface area (Å²) >= 11 is 3.28. The lowest BCUT2D eigenvalue weighted by Gasteiger charge is -2.10. The second kappa shape index (κ2) is 6.15. The Labute approximate surface area is 113 Å². The van der Waals surface area contributed by atoms with Crippen LogP contribution in [-0.4, -0.2) is 24.7 Å². The van der Waals surface area contributed by atoms with Crippen LogP contribution < -0.4 is 4.74 Å². The fourth-order valence-electron chi connectivity index (χ4n) is 1.83. The largest absolute Gasteiger partial charge is 0.486 e. The van der Waals surface area contributed by atoms with Gasteiger partial charge in [-0.3, -0.25) is 10.1 Å². The fourth-order valence-corrected chi connectivity index (χ4v) is 2.18. The van der Waals surface area contributed by atoms with Crippen LogP contribution in [0.5, 0.6) is 5.75 Å². The highest BCUT2D eigenvalue weighted by atomic mass is 79.9. The molecule has 0 radical (unpaired) electrons. The van der Waals surface area contributed by atoms with E-state index in [1.165, 1.54) is 6.07 Å². The number of nitro benzene ring substituents is 1. The highest BCUT2D eigenvalue weighted by Crippen LogP contribution is 2.29. The van der Waals surface area contributed by atoms with Gasteiger partial charge in [0.15, 0.2) is 5.75 Å².